The third-order valence-electron chi connectivity index (χ3n) is 5.10. The van der Waals surface area contributed by atoms with Crippen molar-refractivity contribution < 1.29 is 14.0 Å². The number of fused-ring (bicyclic) bond motifs is 1. The Morgan fingerprint density at radius 1 is 0.971 bits per heavy atom. The number of hydrogen-bond acceptors (Lipinski definition) is 7. The molecule has 1 aromatic heterocycles. The summed E-state index contributed by atoms with van der Waals surface area (Å²) in [5.41, 5.74) is 28.2. The highest BCUT2D eigenvalue weighted by Crippen LogP contribution is 2.21. The van der Waals surface area contributed by atoms with Gasteiger partial charge in [-0.15, -0.1) is 0 Å². The fourth-order valence-electron chi connectivity index (χ4n) is 3.33. The molecule has 0 radical (unpaired) electrons. The van der Waals surface area contributed by atoms with Crippen LogP contribution in [0.5, 0.6) is 0 Å². The highest BCUT2D eigenvalue weighted by Gasteiger charge is 2.23. The zero-order valence-electron chi connectivity index (χ0n) is 19.6. The summed E-state index contributed by atoms with van der Waals surface area (Å²) in [6, 6.07) is 4.61. The molecule has 0 aliphatic heterocycles. The number of hydrogen-bond donors (Lipinski definition) is 7. The predicted molar refractivity (Wildman–Crippen MR) is 136 cm³/mol. The molecule has 1 aromatic carbocycles. The Bertz CT molecular complexity index is 1150. The number of nitrogens with zero attached hydrogens (tertiary/aromatic N) is 2. The fraction of sp³-hybridized carbons (Fsp3) is 0.409. The highest BCUT2D eigenvalue weighted by atomic mass is 16.4. The van der Waals surface area contributed by atoms with Gasteiger partial charge < -0.3 is 43.7 Å². The molecule has 0 saturated carbocycles. The van der Waals surface area contributed by atoms with E-state index in [1.165, 1.54) is 6.07 Å². The summed E-state index contributed by atoms with van der Waals surface area (Å²) in [5, 5.41) is 6.18. The van der Waals surface area contributed by atoms with Crippen molar-refractivity contribution in [2.45, 2.75) is 44.7 Å². The number of anilines is 1. The fourth-order valence-corrected chi connectivity index (χ4v) is 3.33. The van der Waals surface area contributed by atoms with Gasteiger partial charge in [0.05, 0.1) is 6.04 Å². The van der Waals surface area contributed by atoms with Gasteiger partial charge in [0.1, 0.15) is 11.6 Å². The second kappa shape index (κ2) is 12.9. The summed E-state index contributed by atoms with van der Waals surface area (Å²) in [7, 11) is 0. The van der Waals surface area contributed by atoms with Crippen LogP contribution in [-0.2, 0) is 9.59 Å². The molecule has 2 rings (SSSR count). The summed E-state index contributed by atoms with van der Waals surface area (Å²) in [5.74, 6) is -1.06. The third kappa shape index (κ3) is 8.97. The summed E-state index contributed by atoms with van der Waals surface area (Å²) >= 11 is 0. The first-order chi connectivity index (χ1) is 16.6. The van der Waals surface area contributed by atoms with E-state index in [-0.39, 0.29) is 24.9 Å². The van der Waals surface area contributed by atoms with E-state index in [1.54, 1.807) is 25.1 Å². The van der Waals surface area contributed by atoms with Crippen LogP contribution < -0.4 is 44.9 Å². The van der Waals surface area contributed by atoms with Crippen LogP contribution in [0.3, 0.4) is 0 Å². The smallest absolute Gasteiger partial charge is 0.336 e. The van der Waals surface area contributed by atoms with Gasteiger partial charge in [-0.2, -0.15) is 0 Å². The molecule has 12 N–H and O–H groups in total. The van der Waals surface area contributed by atoms with E-state index in [0.717, 1.165) is 10.9 Å². The first kappa shape index (κ1) is 27.1. The van der Waals surface area contributed by atoms with Crippen molar-refractivity contribution >= 4 is 40.4 Å². The van der Waals surface area contributed by atoms with E-state index in [1.807, 2.05) is 0 Å². The summed E-state index contributed by atoms with van der Waals surface area (Å²) in [4.78, 5) is 45.1. The number of benzene rings is 1. The van der Waals surface area contributed by atoms with E-state index >= 15 is 0 Å². The molecule has 0 saturated heterocycles. The summed E-state index contributed by atoms with van der Waals surface area (Å²) in [6.07, 6.45) is 1.52. The van der Waals surface area contributed by atoms with Crippen LogP contribution in [0.2, 0.25) is 0 Å². The zero-order chi connectivity index (χ0) is 26.0. The van der Waals surface area contributed by atoms with E-state index in [0.29, 0.717) is 37.1 Å². The van der Waals surface area contributed by atoms with Crippen molar-refractivity contribution in [1.82, 2.24) is 5.32 Å². The molecular formula is C22H33N9O4. The third-order valence-corrected chi connectivity index (χ3v) is 5.10. The molecule has 13 heteroatoms. The maximum atomic E-state index is 13.0. The second-order valence-electron chi connectivity index (χ2n) is 8.01. The molecule has 0 bridgehead atoms. The first-order valence-electron chi connectivity index (χ1n) is 11.1. The van der Waals surface area contributed by atoms with Crippen LogP contribution in [0.1, 0.15) is 31.2 Å². The lowest BCUT2D eigenvalue weighted by molar-refractivity contribution is -0.127. The molecule has 35 heavy (non-hydrogen) atoms. The monoisotopic (exact) mass is 487 g/mol. The Hall–Kier alpha value is -4.13. The van der Waals surface area contributed by atoms with Gasteiger partial charge in [-0.1, -0.05) is 0 Å². The average molecular weight is 488 g/mol. The molecule has 190 valence electrons. The SMILES string of the molecule is Cc1cc(=O)oc2cc(NC(=O)[C@H](CCCN=C(N)N)NC(=O)[C@H](N)CCCN=C(N)N)ccc12. The zero-order valence-corrected chi connectivity index (χ0v) is 19.6. The van der Waals surface area contributed by atoms with Gasteiger partial charge in [0.2, 0.25) is 11.8 Å². The number of guanidine groups is 2. The Balaban J connectivity index is 2.10. The number of rotatable bonds is 12. The van der Waals surface area contributed by atoms with Crippen LogP contribution in [-0.4, -0.2) is 48.9 Å². The predicted octanol–water partition coefficient (Wildman–Crippen LogP) is -1.04. The number of aryl methyl sites for hydroxylation is 1. The van der Waals surface area contributed by atoms with Gasteiger partial charge in [-0.3, -0.25) is 19.6 Å². The molecule has 2 amide bonds. The molecule has 0 spiro atoms. The van der Waals surface area contributed by atoms with Crippen LogP contribution in [0.4, 0.5) is 5.69 Å². The molecule has 0 aliphatic carbocycles. The highest BCUT2D eigenvalue weighted by molar-refractivity contribution is 5.99. The minimum Gasteiger partial charge on any atom is -0.423 e. The number of nitrogens with two attached hydrogens (primary N) is 5. The normalized spacial score (nSPS) is 12.4. The molecule has 0 aliphatic rings. The molecule has 0 unspecified atom stereocenters. The second-order valence-corrected chi connectivity index (χ2v) is 8.01. The maximum Gasteiger partial charge on any atom is 0.336 e. The van der Waals surface area contributed by atoms with Crippen LogP contribution in [0, 0.1) is 6.92 Å². The van der Waals surface area contributed by atoms with Gasteiger partial charge in [0, 0.05) is 36.3 Å². The number of nitrogens with one attached hydrogen (secondary N) is 2. The lowest BCUT2D eigenvalue weighted by Crippen LogP contribution is -2.50. The maximum absolute atomic E-state index is 13.0. The standard InChI is InChI=1S/C22H33N9O4/c1-12-10-18(32)35-17-11-13(6-7-14(12)17)30-20(34)16(5-3-9-29-22(26)27)31-19(33)15(23)4-2-8-28-21(24)25/h6-7,10-11,15-16H,2-5,8-9,23H2,1H3,(H,30,34)(H,31,33)(H4,24,25,28)(H4,26,27,29)/t15-,16+/m1/s1. The van der Waals surface area contributed by atoms with Gasteiger partial charge in [0.15, 0.2) is 11.9 Å². The van der Waals surface area contributed by atoms with E-state index in [4.69, 9.17) is 33.1 Å². The lowest BCUT2D eigenvalue weighted by Gasteiger charge is -2.20. The number of amides is 2. The summed E-state index contributed by atoms with van der Waals surface area (Å²) < 4.78 is 5.23. The quantitative estimate of drug-likeness (QED) is 0.0835. The Kier molecular flexibility index (Phi) is 10.0. The van der Waals surface area contributed by atoms with Crippen LogP contribution in [0.25, 0.3) is 11.0 Å². The van der Waals surface area contributed by atoms with E-state index < -0.39 is 29.5 Å². The molecule has 0 fully saturated rings. The Morgan fingerprint density at radius 3 is 2.23 bits per heavy atom. The minimum absolute atomic E-state index is 0.0383. The topological polar surface area (TPSA) is 243 Å². The minimum atomic E-state index is -0.902. The summed E-state index contributed by atoms with van der Waals surface area (Å²) in [6.45, 7) is 2.41. The van der Waals surface area contributed by atoms with Crippen molar-refractivity contribution in [2.75, 3.05) is 18.4 Å². The average Bonchev–Trinajstić information content (AvgIpc) is 2.77. The van der Waals surface area contributed by atoms with Gasteiger partial charge in [-0.05, 0) is 50.3 Å². The molecule has 2 atom stereocenters. The van der Waals surface area contributed by atoms with Crippen molar-refractivity contribution in [3.8, 4) is 0 Å². The molecular weight excluding hydrogens is 454 g/mol. The van der Waals surface area contributed by atoms with Crippen molar-refractivity contribution in [3.63, 3.8) is 0 Å². The van der Waals surface area contributed by atoms with Gasteiger partial charge >= 0.3 is 5.63 Å². The largest absolute Gasteiger partial charge is 0.423 e. The van der Waals surface area contributed by atoms with Crippen molar-refractivity contribution in [3.05, 3.63) is 40.2 Å². The molecule has 1 heterocycles. The van der Waals surface area contributed by atoms with E-state index in [9.17, 15) is 14.4 Å². The van der Waals surface area contributed by atoms with E-state index in [2.05, 4.69) is 20.6 Å². The van der Waals surface area contributed by atoms with Crippen molar-refractivity contribution in [1.29, 1.82) is 0 Å². The Morgan fingerprint density at radius 2 is 1.60 bits per heavy atom. The number of carbonyl (C=O) groups is 2. The Labute approximate surface area is 202 Å². The number of carbonyl (C=O) groups excluding carboxylic acids is 2. The van der Waals surface area contributed by atoms with Crippen molar-refractivity contribution in [2.24, 2.45) is 38.7 Å². The van der Waals surface area contributed by atoms with Gasteiger partial charge in [0.25, 0.3) is 0 Å². The van der Waals surface area contributed by atoms with Crippen LogP contribution in [0.15, 0.2) is 43.5 Å². The van der Waals surface area contributed by atoms with Gasteiger partial charge in [-0.25, -0.2) is 4.79 Å². The number of aliphatic imine (C=N–C) groups is 2. The molecule has 2 aromatic rings. The lowest BCUT2D eigenvalue weighted by atomic mass is 10.1. The van der Waals surface area contributed by atoms with Crippen LogP contribution >= 0.6 is 0 Å². The first-order valence-corrected chi connectivity index (χ1v) is 11.1. The molecule has 13 nitrogen and oxygen atoms in total.